The van der Waals surface area contributed by atoms with Crippen molar-refractivity contribution in [3.63, 3.8) is 0 Å². The smallest absolute Gasteiger partial charge is 0.243 e. The average Bonchev–Trinajstić information content (AvgIpc) is 3.58. The zero-order valence-corrected chi connectivity index (χ0v) is 22.6. The molecule has 1 aliphatic heterocycles. The maximum absolute atomic E-state index is 13.4. The van der Waals surface area contributed by atoms with Crippen molar-refractivity contribution < 1.29 is 13.2 Å². The lowest BCUT2D eigenvalue weighted by Gasteiger charge is -2.26. The van der Waals surface area contributed by atoms with Crippen molar-refractivity contribution in [1.29, 1.82) is 5.26 Å². The van der Waals surface area contributed by atoms with E-state index in [-0.39, 0.29) is 4.90 Å². The van der Waals surface area contributed by atoms with Crippen LogP contribution in [0.5, 0.6) is 0 Å². The van der Waals surface area contributed by atoms with E-state index in [0.29, 0.717) is 54.5 Å². The lowest BCUT2D eigenvalue weighted by Crippen LogP contribution is -2.40. The predicted molar refractivity (Wildman–Crippen MR) is 153 cm³/mol. The van der Waals surface area contributed by atoms with Gasteiger partial charge in [0.25, 0.3) is 0 Å². The van der Waals surface area contributed by atoms with Crippen LogP contribution in [-0.4, -0.2) is 58.4 Å². The number of morpholine rings is 1. The van der Waals surface area contributed by atoms with E-state index in [1.54, 1.807) is 29.0 Å². The summed E-state index contributed by atoms with van der Waals surface area (Å²) in [7, 11) is -1.83. The molecule has 40 heavy (non-hydrogen) atoms. The van der Waals surface area contributed by atoms with Crippen molar-refractivity contribution in [1.82, 2.24) is 23.6 Å². The first kappa shape index (κ1) is 25.7. The molecular formula is C30H26N6O3S. The summed E-state index contributed by atoms with van der Waals surface area (Å²) in [6, 6.07) is 26.4. The highest BCUT2D eigenvalue weighted by Gasteiger charge is 2.27. The summed E-state index contributed by atoms with van der Waals surface area (Å²) in [5.41, 5.74) is 4.74. The van der Waals surface area contributed by atoms with Gasteiger partial charge >= 0.3 is 0 Å². The molecule has 1 fully saturated rings. The van der Waals surface area contributed by atoms with Gasteiger partial charge in [0.2, 0.25) is 10.0 Å². The molecule has 0 atom stereocenters. The third-order valence-corrected chi connectivity index (χ3v) is 8.82. The van der Waals surface area contributed by atoms with E-state index in [0.717, 1.165) is 16.7 Å². The lowest BCUT2D eigenvalue weighted by atomic mass is 10.1. The van der Waals surface area contributed by atoms with E-state index in [2.05, 4.69) is 6.07 Å². The maximum atomic E-state index is 13.4. The Labute approximate surface area is 232 Å². The molecule has 1 saturated heterocycles. The molecule has 2 aromatic heterocycles. The topological polar surface area (TPSA) is 106 Å². The Hall–Kier alpha value is -4.56. The van der Waals surface area contributed by atoms with Crippen LogP contribution in [0.3, 0.4) is 0 Å². The number of ether oxygens (including phenoxy) is 1. The van der Waals surface area contributed by atoms with Gasteiger partial charge in [-0.1, -0.05) is 42.5 Å². The molecule has 0 aliphatic carbocycles. The fourth-order valence-electron chi connectivity index (χ4n) is 4.86. The first-order chi connectivity index (χ1) is 19.5. The summed E-state index contributed by atoms with van der Waals surface area (Å²) in [6.07, 6.45) is 3.60. The quantitative estimate of drug-likeness (QED) is 0.288. The predicted octanol–water partition coefficient (Wildman–Crippen LogP) is 4.51. The Morgan fingerprint density at radius 3 is 2.50 bits per heavy atom. The van der Waals surface area contributed by atoms with Crippen LogP contribution >= 0.6 is 0 Å². The number of aromatic nitrogens is 4. The lowest BCUT2D eigenvalue weighted by molar-refractivity contribution is 0.0730. The Bertz CT molecular complexity index is 1880. The summed E-state index contributed by atoms with van der Waals surface area (Å²) in [5.74, 6) is 0.533. The summed E-state index contributed by atoms with van der Waals surface area (Å²) in [5, 5.41) is 15.0. The second-order valence-corrected chi connectivity index (χ2v) is 11.3. The number of sulfonamides is 1. The standard InChI is InChI=1S/C30H26N6O3S/c1-34-28-13-6-5-12-27(28)32-30(34)23(20-31)18-24-21-36(25-9-3-2-4-10-25)33-29(24)22-8-7-11-26(19-22)40(37,38)35-14-16-39-17-15-35/h2-13,18-19,21H,14-17H2,1H3/b23-18-. The molecule has 0 radical (unpaired) electrons. The average molecular weight is 551 g/mol. The number of allylic oxidation sites excluding steroid dienone is 1. The number of para-hydroxylation sites is 3. The number of imidazole rings is 1. The normalized spacial score (nSPS) is 14.8. The van der Waals surface area contributed by atoms with Crippen LogP contribution in [-0.2, 0) is 21.8 Å². The SMILES string of the molecule is Cn1c(/C(C#N)=C\c2cn(-c3ccccc3)nc2-c2cccc(S(=O)(=O)N3CCOCC3)c2)nc2ccccc21. The second-order valence-electron chi connectivity index (χ2n) is 9.41. The largest absolute Gasteiger partial charge is 0.379 e. The number of hydrogen-bond donors (Lipinski definition) is 0. The van der Waals surface area contributed by atoms with Crippen LogP contribution in [0.25, 0.3) is 39.6 Å². The summed E-state index contributed by atoms with van der Waals surface area (Å²) in [4.78, 5) is 4.88. The van der Waals surface area contributed by atoms with E-state index in [9.17, 15) is 13.7 Å². The van der Waals surface area contributed by atoms with E-state index in [1.807, 2.05) is 78.5 Å². The van der Waals surface area contributed by atoms with Gasteiger partial charge in [0.05, 0.1) is 40.4 Å². The zero-order chi connectivity index (χ0) is 27.7. The molecule has 1 aliphatic rings. The molecule has 3 aromatic carbocycles. The van der Waals surface area contributed by atoms with Crippen LogP contribution in [0.2, 0.25) is 0 Å². The number of aryl methyl sites for hydroxylation is 1. The van der Waals surface area contributed by atoms with Gasteiger partial charge in [-0.15, -0.1) is 0 Å². The van der Waals surface area contributed by atoms with Crippen LogP contribution < -0.4 is 0 Å². The molecule has 200 valence electrons. The third-order valence-electron chi connectivity index (χ3n) is 6.93. The molecule has 0 unspecified atom stereocenters. The minimum absolute atomic E-state index is 0.187. The van der Waals surface area contributed by atoms with Crippen LogP contribution in [0.4, 0.5) is 0 Å². The van der Waals surface area contributed by atoms with E-state index in [4.69, 9.17) is 14.8 Å². The molecule has 9 nitrogen and oxygen atoms in total. The zero-order valence-electron chi connectivity index (χ0n) is 21.8. The van der Waals surface area contributed by atoms with E-state index >= 15 is 0 Å². The Balaban J connectivity index is 1.49. The van der Waals surface area contributed by atoms with Crippen LogP contribution in [0.1, 0.15) is 11.4 Å². The summed E-state index contributed by atoms with van der Waals surface area (Å²) < 4.78 is 37.2. The molecule has 0 spiro atoms. The molecule has 0 saturated carbocycles. The molecular weight excluding hydrogens is 524 g/mol. The summed E-state index contributed by atoms with van der Waals surface area (Å²) in [6.45, 7) is 1.36. The van der Waals surface area contributed by atoms with E-state index < -0.39 is 10.0 Å². The number of rotatable bonds is 6. The molecule has 0 bridgehead atoms. The molecule has 3 heterocycles. The van der Waals surface area contributed by atoms with Crippen molar-refractivity contribution in [3.05, 3.63) is 96.4 Å². The van der Waals surface area contributed by atoms with Gasteiger partial charge in [-0.3, -0.25) is 0 Å². The fraction of sp³-hybridized carbons (Fsp3) is 0.167. The monoisotopic (exact) mass is 550 g/mol. The summed E-state index contributed by atoms with van der Waals surface area (Å²) >= 11 is 0. The van der Waals surface area contributed by atoms with E-state index in [1.165, 1.54) is 4.31 Å². The third kappa shape index (κ3) is 4.71. The molecule has 6 rings (SSSR count). The highest BCUT2D eigenvalue weighted by Crippen LogP contribution is 2.30. The Morgan fingerprint density at radius 1 is 1.00 bits per heavy atom. The Morgan fingerprint density at radius 2 is 1.75 bits per heavy atom. The van der Waals surface area contributed by atoms with Crippen molar-refractivity contribution in [2.24, 2.45) is 7.05 Å². The first-order valence-corrected chi connectivity index (χ1v) is 14.3. The van der Waals surface area contributed by atoms with Crippen molar-refractivity contribution in [3.8, 4) is 23.0 Å². The highest BCUT2D eigenvalue weighted by atomic mass is 32.2. The Kier molecular flexibility index (Phi) is 6.77. The maximum Gasteiger partial charge on any atom is 0.243 e. The van der Waals surface area contributed by atoms with Gasteiger partial charge in [-0.25, -0.2) is 18.1 Å². The van der Waals surface area contributed by atoms with Gasteiger partial charge in [-0.05, 0) is 42.5 Å². The molecule has 10 heteroatoms. The fourth-order valence-corrected chi connectivity index (χ4v) is 6.31. The van der Waals surface area contributed by atoms with Gasteiger partial charge < -0.3 is 9.30 Å². The van der Waals surface area contributed by atoms with Crippen molar-refractivity contribution >= 4 is 32.7 Å². The van der Waals surface area contributed by atoms with Gasteiger partial charge in [-0.2, -0.15) is 14.7 Å². The number of nitrogens with zero attached hydrogens (tertiary/aromatic N) is 6. The van der Waals surface area contributed by atoms with Gasteiger partial charge in [0.15, 0.2) is 5.82 Å². The molecule has 0 N–H and O–H groups in total. The van der Waals surface area contributed by atoms with Crippen molar-refractivity contribution in [2.45, 2.75) is 4.90 Å². The number of hydrogen-bond acceptors (Lipinski definition) is 6. The number of benzene rings is 3. The van der Waals surface area contributed by atoms with Crippen molar-refractivity contribution in [2.75, 3.05) is 26.3 Å². The highest BCUT2D eigenvalue weighted by molar-refractivity contribution is 7.89. The number of nitriles is 1. The molecule has 0 amide bonds. The minimum atomic E-state index is -3.70. The number of fused-ring (bicyclic) bond motifs is 1. The second kappa shape index (κ2) is 10.5. The van der Waals surface area contributed by atoms with Gasteiger partial charge in [0, 0.05) is 37.5 Å². The minimum Gasteiger partial charge on any atom is -0.379 e. The first-order valence-electron chi connectivity index (χ1n) is 12.8. The molecule has 5 aromatic rings. The van der Waals surface area contributed by atoms with Crippen LogP contribution in [0, 0.1) is 11.3 Å². The van der Waals surface area contributed by atoms with Crippen LogP contribution in [0.15, 0.2) is 90.0 Å². The van der Waals surface area contributed by atoms with Gasteiger partial charge in [0.1, 0.15) is 11.8 Å².